The molecule has 0 aliphatic rings. The normalized spacial score (nSPS) is 12.2. The molecule has 0 saturated heterocycles. The van der Waals surface area contributed by atoms with E-state index in [9.17, 15) is 0 Å². The van der Waals surface area contributed by atoms with E-state index >= 15 is 0 Å². The van der Waals surface area contributed by atoms with Crippen LogP contribution in [-0.2, 0) is 0 Å². The maximum atomic E-state index is 6.43. The molecule has 0 N–H and O–H groups in total. The van der Waals surface area contributed by atoms with E-state index in [1.807, 2.05) is 0 Å². The fraction of sp³-hybridized carbons (Fsp3) is 0. The van der Waals surface area contributed by atoms with Crippen molar-refractivity contribution in [3.63, 3.8) is 0 Å². The summed E-state index contributed by atoms with van der Waals surface area (Å²) in [7, 11) is 0. The monoisotopic (exact) mass is 610 g/mol. The topological polar surface area (TPSA) is 26.3 Å². The molecule has 222 valence electrons. The second-order valence-corrected chi connectivity index (χ2v) is 12.9. The van der Waals surface area contributed by atoms with Gasteiger partial charge in [0.1, 0.15) is 22.3 Å². The molecule has 0 bridgehead atoms. The minimum absolute atomic E-state index is 0.831. The second-order valence-electron chi connectivity index (χ2n) is 12.9. The van der Waals surface area contributed by atoms with Crippen LogP contribution in [0.1, 0.15) is 0 Å². The summed E-state index contributed by atoms with van der Waals surface area (Å²) in [6.45, 7) is 0. The molecule has 0 atom stereocenters. The first-order chi connectivity index (χ1) is 23.8. The minimum Gasteiger partial charge on any atom is -0.456 e. The van der Waals surface area contributed by atoms with E-state index in [1.54, 1.807) is 0 Å². The van der Waals surface area contributed by atoms with Crippen LogP contribution >= 0.6 is 0 Å². The van der Waals surface area contributed by atoms with Gasteiger partial charge >= 0.3 is 0 Å². The van der Waals surface area contributed by atoms with Crippen LogP contribution in [0.25, 0.3) is 109 Å². The average molecular weight is 611 g/mol. The highest BCUT2D eigenvalue weighted by Crippen LogP contribution is 2.42. The van der Waals surface area contributed by atoms with Gasteiger partial charge in [-0.25, -0.2) is 0 Å². The molecule has 0 saturated carbocycles. The van der Waals surface area contributed by atoms with Crippen LogP contribution in [-0.4, -0.2) is 0 Å². The fourth-order valence-corrected chi connectivity index (χ4v) is 7.97. The summed E-state index contributed by atoms with van der Waals surface area (Å²) in [5.74, 6) is 0. The number of benzene rings is 9. The van der Waals surface area contributed by atoms with Gasteiger partial charge in [0, 0.05) is 27.6 Å². The SMILES string of the molecule is c1ccc2c(c1)cc(-c1ccc3oc4cc5oc6ccc(-c7cc8ccccc8c8ccccc78)cc6c5cc4c3c1)c1ccccc12. The van der Waals surface area contributed by atoms with Gasteiger partial charge in [0.15, 0.2) is 0 Å². The van der Waals surface area contributed by atoms with Crippen molar-refractivity contribution in [1.82, 2.24) is 0 Å². The molecule has 0 aliphatic heterocycles. The second kappa shape index (κ2) is 9.57. The van der Waals surface area contributed by atoms with Crippen LogP contribution in [0, 0.1) is 0 Å². The molecule has 0 unspecified atom stereocenters. The predicted molar refractivity (Wildman–Crippen MR) is 202 cm³/mol. The number of rotatable bonds is 2. The van der Waals surface area contributed by atoms with E-state index < -0.39 is 0 Å². The van der Waals surface area contributed by atoms with Crippen molar-refractivity contribution in [2.75, 3.05) is 0 Å². The maximum absolute atomic E-state index is 6.43. The van der Waals surface area contributed by atoms with Gasteiger partial charge in [0.2, 0.25) is 0 Å². The van der Waals surface area contributed by atoms with Crippen molar-refractivity contribution in [3.05, 3.63) is 158 Å². The zero-order valence-corrected chi connectivity index (χ0v) is 25.8. The largest absolute Gasteiger partial charge is 0.456 e. The lowest BCUT2D eigenvalue weighted by molar-refractivity contribution is 0.656. The van der Waals surface area contributed by atoms with Gasteiger partial charge in [-0.2, -0.15) is 0 Å². The lowest BCUT2D eigenvalue weighted by Crippen LogP contribution is -1.84. The summed E-state index contributed by atoms with van der Waals surface area (Å²) in [5, 5.41) is 14.5. The predicted octanol–water partition coefficient (Wildman–Crippen LogP) is 13.4. The van der Waals surface area contributed by atoms with Gasteiger partial charge < -0.3 is 8.83 Å². The lowest BCUT2D eigenvalue weighted by Gasteiger charge is -2.11. The molecule has 0 fully saturated rings. The fourth-order valence-electron chi connectivity index (χ4n) is 7.97. The van der Waals surface area contributed by atoms with Crippen molar-refractivity contribution >= 4 is 87.0 Å². The van der Waals surface area contributed by atoms with Crippen LogP contribution in [0.3, 0.4) is 0 Å². The van der Waals surface area contributed by atoms with Gasteiger partial charge in [-0.3, -0.25) is 0 Å². The molecule has 11 rings (SSSR count). The van der Waals surface area contributed by atoms with E-state index in [-0.39, 0.29) is 0 Å². The Balaban J connectivity index is 1.13. The highest BCUT2D eigenvalue weighted by molar-refractivity contribution is 6.19. The zero-order chi connectivity index (χ0) is 31.3. The molecule has 0 spiro atoms. The standard InChI is InChI=1S/C46H26O2/c1-3-11-31-27(9-1)21-37(35-15-7-5-13-33(31)35)29-17-19-43-39(23-29)41-25-42-40-24-30(18-20-44(40)48-46(42)26-45(41)47-43)38-22-28-10-2-4-12-32(28)34-14-6-8-16-36(34)38/h1-26H. The molecule has 2 aromatic heterocycles. The third-order valence-electron chi connectivity index (χ3n) is 10.2. The quantitative estimate of drug-likeness (QED) is 0.182. The summed E-state index contributed by atoms with van der Waals surface area (Å²) in [6, 6.07) is 56.8. The molecule has 2 heterocycles. The summed E-state index contributed by atoms with van der Waals surface area (Å²) in [4.78, 5) is 0. The lowest BCUT2D eigenvalue weighted by atomic mass is 9.92. The molecular weight excluding hydrogens is 585 g/mol. The van der Waals surface area contributed by atoms with Crippen molar-refractivity contribution in [2.45, 2.75) is 0 Å². The first kappa shape index (κ1) is 25.8. The van der Waals surface area contributed by atoms with Gasteiger partial charge in [0.05, 0.1) is 0 Å². The van der Waals surface area contributed by atoms with Gasteiger partial charge in [-0.15, -0.1) is 0 Å². The molecule has 0 amide bonds. The summed E-state index contributed by atoms with van der Waals surface area (Å²) < 4.78 is 12.9. The van der Waals surface area contributed by atoms with Gasteiger partial charge in [-0.05, 0) is 108 Å². The molecule has 2 nitrogen and oxygen atoms in total. The van der Waals surface area contributed by atoms with E-state index in [0.29, 0.717) is 0 Å². The van der Waals surface area contributed by atoms with Crippen LogP contribution in [0.5, 0.6) is 0 Å². The average Bonchev–Trinajstić information content (AvgIpc) is 3.69. The highest BCUT2D eigenvalue weighted by Gasteiger charge is 2.17. The van der Waals surface area contributed by atoms with Crippen molar-refractivity contribution in [1.29, 1.82) is 0 Å². The number of fused-ring (bicyclic) bond motifs is 12. The molecule has 0 radical (unpaired) electrons. The summed E-state index contributed by atoms with van der Waals surface area (Å²) in [5.41, 5.74) is 8.21. The third-order valence-corrected chi connectivity index (χ3v) is 10.2. The molecule has 0 aliphatic carbocycles. The first-order valence-corrected chi connectivity index (χ1v) is 16.4. The number of hydrogen-bond donors (Lipinski definition) is 0. The van der Waals surface area contributed by atoms with Crippen molar-refractivity contribution < 1.29 is 8.83 Å². The Hall–Kier alpha value is -6.38. The van der Waals surface area contributed by atoms with E-state index in [2.05, 4.69) is 158 Å². The first-order valence-electron chi connectivity index (χ1n) is 16.4. The Morgan fingerprint density at radius 1 is 0.250 bits per heavy atom. The molecule has 2 heteroatoms. The number of hydrogen-bond acceptors (Lipinski definition) is 2. The maximum Gasteiger partial charge on any atom is 0.139 e. The Morgan fingerprint density at radius 2 is 0.646 bits per heavy atom. The van der Waals surface area contributed by atoms with Gasteiger partial charge in [-0.1, -0.05) is 109 Å². The molecular formula is C46H26O2. The van der Waals surface area contributed by atoms with E-state index in [1.165, 1.54) is 65.3 Å². The highest BCUT2D eigenvalue weighted by atomic mass is 16.3. The van der Waals surface area contributed by atoms with Crippen molar-refractivity contribution in [3.8, 4) is 22.3 Å². The zero-order valence-electron chi connectivity index (χ0n) is 25.8. The summed E-state index contributed by atoms with van der Waals surface area (Å²) >= 11 is 0. The molecule has 11 aromatic rings. The van der Waals surface area contributed by atoms with Crippen LogP contribution in [0.2, 0.25) is 0 Å². The Kier molecular flexibility index (Phi) is 5.14. The number of furan rings is 2. The minimum atomic E-state index is 0.831. The van der Waals surface area contributed by atoms with E-state index in [4.69, 9.17) is 8.83 Å². The Labute approximate surface area is 275 Å². The smallest absolute Gasteiger partial charge is 0.139 e. The Bertz CT molecular complexity index is 2910. The van der Waals surface area contributed by atoms with Crippen LogP contribution in [0.15, 0.2) is 167 Å². The third kappa shape index (κ3) is 3.63. The van der Waals surface area contributed by atoms with E-state index in [0.717, 1.165) is 43.9 Å². The molecule has 48 heavy (non-hydrogen) atoms. The van der Waals surface area contributed by atoms with Crippen molar-refractivity contribution in [2.24, 2.45) is 0 Å². The summed E-state index contributed by atoms with van der Waals surface area (Å²) in [6.07, 6.45) is 0. The Morgan fingerprint density at radius 3 is 1.12 bits per heavy atom. The molecule has 9 aromatic carbocycles. The van der Waals surface area contributed by atoms with Gasteiger partial charge in [0.25, 0.3) is 0 Å². The van der Waals surface area contributed by atoms with Crippen LogP contribution in [0.4, 0.5) is 0 Å². The van der Waals surface area contributed by atoms with Crippen LogP contribution < -0.4 is 0 Å².